The molecule has 0 atom stereocenters. The van der Waals surface area contributed by atoms with E-state index < -0.39 is 0 Å². The first-order valence-corrected chi connectivity index (χ1v) is 3.92. The lowest BCUT2D eigenvalue weighted by atomic mass is 10.5. The molecule has 62 valence electrons. The van der Waals surface area contributed by atoms with Gasteiger partial charge in [0.05, 0.1) is 0 Å². The quantitative estimate of drug-likeness (QED) is 0.685. The Kier molecular flexibility index (Phi) is 2.65. The zero-order valence-electron chi connectivity index (χ0n) is 6.00. The number of rotatable bonds is 3. The summed E-state index contributed by atoms with van der Waals surface area (Å²) in [6.45, 7) is 0.550. The molecular formula is C7H10ClNO2. The molecule has 0 amide bonds. The molecule has 0 saturated carbocycles. The van der Waals surface area contributed by atoms with E-state index in [-0.39, 0.29) is 11.8 Å². The van der Waals surface area contributed by atoms with Crippen LogP contribution < -0.4 is 0 Å². The lowest BCUT2D eigenvalue weighted by Crippen LogP contribution is -1.96. The first kappa shape index (κ1) is 8.27. The van der Waals surface area contributed by atoms with Gasteiger partial charge in [-0.3, -0.25) is 4.57 Å². The third kappa shape index (κ3) is 1.80. The van der Waals surface area contributed by atoms with Gasteiger partial charge < -0.3 is 10.2 Å². The van der Waals surface area contributed by atoms with Crippen molar-refractivity contribution in [2.24, 2.45) is 0 Å². The maximum absolute atomic E-state index is 9.12. The average molecular weight is 176 g/mol. The van der Waals surface area contributed by atoms with E-state index in [4.69, 9.17) is 21.8 Å². The molecule has 0 unspecified atom stereocenters. The summed E-state index contributed by atoms with van der Waals surface area (Å²) in [5, 5.41) is 18.2. The molecule has 0 spiro atoms. The first-order valence-electron chi connectivity index (χ1n) is 3.39. The number of aromatic hydroxyl groups is 2. The Labute approximate surface area is 69.8 Å². The molecule has 0 aliphatic rings. The summed E-state index contributed by atoms with van der Waals surface area (Å²) in [5.74, 6) is 0.678. The third-order valence-corrected chi connectivity index (χ3v) is 1.72. The topological polar surface area (TPSA) is 45.4 Å². The Morgan fingerprint density at radius 1 is 1.27 bits per heavy atom. The molecule has 0 aromatic carbocycles. The Bertz CT molecular complexity index is 215. The zero-order chi connectivity index (χ0) is 8.27. The van der Waals surface area contributed by atoms with E-state index in [1.165, 1.54) is 16.7 Å². The van der Waals surface area contributed by atoms with Crippen LogP contribution in [-0.2, 0) is 6.54 Å². The Morgan fingerprint density at radius 2 is 1.82 bits per heavy atom. The normalized spacial score (nSPS) is 10.3. The second kappa shape index (κ2) is 3.53. The van der Waals surface area contributed by atoms with Crippen molar-refractivity contribution in [3.63, 3.8) is 0 Å². The minimum atomic E-state index is 0.0765. The molecule has 1 aromatic heterocycles. The highest BCUT2D eigenvalue weighted by Crippen LogP contribution is 2.20. The van der Waals surface area contributed by atoms with Crippen molar-refractivity contribution in [2.45, 2.75) is 13.0 Å². The lowest BCUT2D eigenvalue weighted by molar-refractivity contribution is 0.367. The largest absolute Gasteiger partial charge is 0.494 e. The number of aromatic nitrogens is 1. The summed E-state index contributed by atoms with van der Waals surface area (Å²) in [6, 6.07) is 2.90. The molecule has 2 N–H and O–H groups in total. The van der Waals surface area contributed by atoms with Gasteiger partial charge in [-0.25, -0.2) is 0 Å². The number of hydrogen-bond donors (Lipinski definition) is 2. The third-order valence-electron chi connectivity index (χ3n) is 1.45. The minimum Gasteiger partial charge on any atom is -0.494 e. The summed E-state index contributed by atoms with van der Waals surface area (Å²) in [5.41, 5.74) is 0. The number of hydrogen-bond acceptors (Lipinski definition) is 2. The molecule has 1 aromatic rings. The maximum Gasteiger partial charge on any atom is 0.193 e. The van der Waals surface area contributed by atoms with Gasteiger partial charge in [0.1, 0.15) is 0 Å². The Morgan fingerprint density at radius 3 is 2.27 bits per heavy atom. The number of nitrogens with zero attached hydrogens (tertiary/aromatic N) is 1. The molecule has 11 heavy (non-hydrogen) atoms. The van der Waals surface area contributed by atoms with Crippen LogP contribution in [0.3, 0.4) is 0 Å². The van der Waals surface area contributed by atoms with Gasteiger partial charge in [0.15, 0.2) is 11.8 Å². The highest BCUT2D eigenvalue weighted by molar-refractivity contribution is 6.17. The highest BCUT2D eigenvalue weighted by atomic mass is 35.5. The van der Waals surface area contributed by atoms with Crippen molar-refractivity contribution in [2.75, 3.05) is 5.88 Å². The van der Waals surface area contributed by atoms with Crippen molar-refractivity contribution in [1.29, 1.82) is 0 Å². The lowest BCUT2D eigenvalue weighted by Gasteiger charge is -2.03. The predicted molar refractivity (Wildman–Crippen MR) is 43.1 cm³/mol. The van der Waals surface area contributed by atoms with E-state index in [0.717, 1.165) is 6.42 Å². The van der Waals surface area contributed by atoms with Crippen molar-refractivity contribution >= 4 is 11.6 Å². The SMILES string of the molecule is Oc1ccc(O)n1CCCCl. The van der Waals surface area contributed by atoms with Crippen LogP contribution in [0.5, 0.6) is 11.8 Å². The van der Waals surface area contributed by atoms with Gasteiger partial charge in [0.25, 0.3) is 0 Å². The van der Waals surface area contributed by atoms with Crippen LogP contribution in [0.2, 0.25) is 0 Å². The van der Waals surface area contributed by atoms with E-state index in [2.05, 4.69) is 0 Å². The van der Waals surface area contributed by atoms with Crippen LogP contribution in [0.1, 0.15) is 6.42 Å². The maximum atomic E-state index is 9.12. The van der Waals surface area contributed by atoms with Crippen molar-refractivity contribution < 1.29 is 10.2 Å². The van der Waals surface area contributed by atoms with Crippen LogP contribution in [0.15, 0.2) is 12.1 Å². The highest BCUT2D eigenvalue weighted by Gasteiger charge is 2.03. The zero-order valence-corrected chi connectivity index (χ0v) is 6.75. The van der Waals surface area contributed by atoms with Gasteiger partial charge in [-0.2, -0.15) is 0 Å². The first-order chi connectivity index (χ1) is 5.25. The van der Waals surface area contributed by atoms with E-state index in [9.17, 15) is 0 Å². The summed E-state index contributed by atoms with van der Waals surface area (Å²) < 4.78 is 1.41. The second-order valence-corrected chi connectivity index (χ2v) is 2.62. The molecule has 0 aliphatic carbocycles. The fourth-order valence-corrected chi connectivity index (χ4v) is 1.01. The molecule has 3 nitrogen and oxygen atoms in total. The minimum absolute atomic E-state index is 0.0765. The Hall–Kier alpha value is -0.830. The number of alkyl halides is 1. The van der Waals surface area contributed by atoms with Crippen molar-refractivity contribution in [3.8, 4) is 11.8 Å². The molecule has 1 rings (SSSR count). The molecule has 4 heteroatoms. The average Bonchev–Trinajstić information content (AvgIpc) is 2.29. The van der Waals surface area contributed by atoms with Crippen LogP contribution in [0, 0.1) is 0 Å². The van der Waals surface area contributed by atoms with Crippen molar-refractivity contribution in [3.05, 3.63) is 12.1 Å². The summed E-state index contributed by atoms with van der Waals surface area (Å²) in [7, 11) is 0. The monoisotopic (exact) mass is 175 g/mol. The van der Waals surface area contributed by atoms with E-state index in [1.54, 1.807) is 0 Å². The van der Waals surface area contributed by atoms with E-state index in [1.807, 2.05) is 0 Å². The fourth-order valence-electron chi connectivity index (χ4n) is 0.893. The summed E-state index contributed by atoms with van der Waals surface area (Å²) >= 11 is 5.45. The molecule has 0 saturated heterocycles. The summed E-state index contributed by atoms with van der Waals surface area (Å²) in [4.78, 5) is 0. The second-order valence-electron chi connectivity index (χ2n) is 2.24. The van der Waals surface area contributed by atoms with Gasteiger partial charge in [-0.15, -0.1) is 11.6 Å². The van der Waals surface area contributed by atoms with Crippen LogP contribution in [0.25, 0.3) is 0 Å². The van der Waals surface area contributed by atoms with Crippen LogP contribution >= 0.6 is 11.6 Å². The van der Waals surface area contributed by atoms with Crippen molar-refractivity contribution in [1.82, 2.24) is 4.57 Å². The molecule has 0 fully saturated rings. The smallest absolute Gasteiger partial charge is 0.193 e. The van der Waals surface area contributed by atoms with E-state index >= 15 is 0 Å². The molecule has 1 heterocycles. The standard InChI is InChI=1S/C7H10ClNO2/c8-4-1-5-9-6(10)2-3-7(9)11/h2-3,10-11H,1,4-5H2. The molecule has 0 bridgehead atoms. The van der Waals surface area contributed by atoms with Gasteiger partial charge in [-0.05, 0) is 6.42 Å². The Balaban J connectivity index is 2.67. The molecule has 0 aliphatic heterocycles. The van der Waals surface area contributed by atoms with Crippen LogP contribution in [0.4, 0.5) is 0 Å². The van der Waals surface area contributed by atoms with Gasteiger partial charge in [0, 0.05) is 24.6 Å². The van der Waals surface area contributed by atoms with Crippen LogP contribution in [-0.4, -0.2) is 20.7 Å². The predicted octanol–water partition coefficient (Wildman–Crippen LogP) is 1.53. The fraction of sp³-hybridized carbons (Fsp3) is 0.429. The molecular weight excluding hydrogens is 166 g/mol. The summed E-state index contributed by atoms with van der Waals surface area (Å²) in [6.07, 6.45) is 0.733. The van der Waals surface area contributed by atoms with Gasteiger partial charge >= 0.3 is 0 Å². The van der Waals surface area contributed by atoms with E-state index in [0.29, 0.717) is 12.4 Å². The van der Waals surface area contributed by atoms with Gasteiger partial charge in [0.2, 0.25) is 0 Å². The molecule has 0 radical (unpaired) electrons. The van der Waals surface area contributed by atoms with Gasteiger partial charge in [-0.1, -0.05) is 0 Å². The number of halogens is 1.